The van der Waals surface area contributed by atoms with Gasteiger partial charge in [0.25, 0.3) is 5.91 Å². The van der Waals surface area contributed by atoms with Gasteiger partial charge in [-0.05, 0) is 23.4 Å². The molecule has 0 radical (unpaired) electrons. The molecule has 0 fully saturated rings. The van der Waals surface area contributed by atoms with Gasteiger partial charge in [-0.25, -0.2) is 5.48 Å². The Balaban J connectivity index is 2.67. The van der Waals surface area contributed by atoms with Crippen molar-refractivity contribution in [2.75, 3.05) is 0 Å². The summed E-state index contributed by atoms with van der Waals surface area (Å²) in [6, 6.07) is 7.48. The molecular weight excluding hydrogens is 192 g/mol. The highest BCUT2D eigenvalue weighted by molar-refractivity contribution is 5.90. The second-order valence-corrected chi connectivity index (χ2v) is 2.96. The number of carbonyl (C=O) groups is 1. The van der Waals surface area contributed by atoms with Crippen molar-refractivity contribution in [2.45, 2.75) is 6.42 Å². The number of hydrogen-bond donors (Lipinski definition) is 3. The molecule has 78 valence electrons. The fourth-order valence-corrected chi connectivity index (χ4v) is 1.09. The highest BCUT2D eigenvalue weighted by Crippen LogP contribution is 2.06. The molecule has 0 bridgehead atoms. The third kappa shape index (κ3) is 3.74. The maximum atomic E-state index is 10.7. The third-order valence-corrected chi connectivity index (χ3v) is 1.85. The molecule has 0 aliphatic heterocycles. The monoisotopic (exact) mass is 204 g/mol. The summed E-state index contributed by atoms with van der Waals surface area (Å²) in [5, 5.41) is 15.2. The lowest BCUT2D eigenvalue weighted by Gasteiger charge is -1.97. The summed E-state index contributed by atoms with van der Waals surface area (Å²) in [7, 11) is 0. The fourth-order valence-electron chi connectivity index (χ4n) is 1.09. The van der Waals surface area contributed by atoms with Crippen LogP contribution >= 0.6 is 0 Å². The van der Waals surface area contributed by atoms with Gasteiger partial charge in [-0.3, -0.25) is 10.0 Å². The van der Waals surface area contributed by atoms with Gasteiger partial charge >= 0.3 is 0 Å². The molecule has 0 spiro atoms. The van der Waals surface area contributed by atoms with E-state index in [0.717, 1.165) is 11.1 Å². The Labute approximate surface area is 87.7 Å². The zero-order chi connectivity index (χ0) is 11.1. The van der Waals surface area contributed by atoms with Crippen LogP contribution in [-0.2, 0) is 11.2 Å². The highest BCUT2D eigenvalue weighted by atomic mass is 16.5. The number of benzene rings is 1. The highest BCUT2D eigenvalue weighted by Gasteiger charge is 1.92. The van der Waals surface area contributed by atoms with Crippen LogP contribution in [0.3, 0.4) is 0 Å². The molecule has 4 nitrogen and oxygen atoms in total. The predicted molar refractivity (Wildman–Crippen MR) is 57.9 cm³/mol. The van der Waals surface area contributed by atoms with Gasteiger partial charge in [0.2, 0.25) is 0 Å². The molecule has 1 rings (SSSR count). The number of carbonyl (C=O) groups excluding carboxylic acids is 1. The average Bonchev–Trinajstić information content (AvgIpc) is 2.28. The summed E-state index contributed by atoms with van der Waals surface area (Å²) in [4.78, 5) is 10.7. The van der Waals surface area contributed by atoms with E-state index in [1.807, 2.05) is 24.3 Å². The molecule has 0 aliphatic rings. The van der Waals surface area contributed by atoms with Crippen LogP contribution in [-0.4, -0.2) is 17.3 Å². The van der Waals surface area contributed by atoms with Gasteiger partial charge in [-0.1, -0.05) is 24.3 Å². The Morgan fingerprint density at radius 1 is 1.40 bits per heavy atom. The van der Waals surface area contributed by atoms with Crippen LogP contribution in [0, 0.1) is 5.41 Å². The zero-order valence-electron chi connectivity index (χ0n) is 8.10. The second kappa shape index (κ2) is 5.72. The second-order valence-electron chi connectivity index (χ2n) is 2.96. The normalized spacial score (nSPS) is 10.2. The molecule has 0 aromatic heterocycles. The van der Waals surface area contributed by atoms with Crippen LogP contribution in [0.2, 0.25) is 0 Å². The minimum absolute atomic E-state index is 0.557. The summed E-state index contributed by atoms with van der Waals surface area (Å²) in [5.41, 5.74) is 3.43. The Morgan fingerprint density at radius 3 is 2.60 bits per heavy atom. The van der Waals surface area contributed by atoms with Gasteiger partial charge in [0.1, 0.15) is 0 Å². The van der Waals surface area contributed by atoms with Crippen LogP contribution in [0.15, 0.2) is 30.3 Å². The van der Waals surface area contributed by atoms with Crippen molar-refractivity contribution in [3.8, 4) is 0 Å². The van der Waals surface area contributed by atoms with Gasteiger partial charge < -0.3 is 5.41 Å². The van der Waals surface area contributed by atoms with Crippen LogP contribution in [0.5, 0.6) is 0 Å². The van der Waals surface area contributed by atoms with Crippen LogP contribution in [0.4, 0.5) is 0 Å². The van der Waals surface area contributed by atoms with E-state index < -0.39 is 5.91 Å². The predicted octanol–water partition coefficient (Wildman–Crippen LogP) is 1.40. The molecule has 1 aromatic rings. The number of hydrogen-bond acceptors (Lipinski definition) is 3. The first-order valence-electron chi connectivity index (χ1n) is 4.46. The SMILES string of the molecule is N=CCc1ccc(C=CC(=O)NO)cc1. The molecule has 0 heterocycles. The largest absolute Gasteiger partial charge is 0.313 e. The summed E-state index contributed by atoms with van der Waals surface area (Å²) in [5.74, 6) is -0.557. The lowest BCUT2D eigenvalue weighted by atomic mass is 10.1. The molecule has 3 N–H and O–H groups in total. The van der Waals surface area contributed by atoms with Crippen molar-refractivity contribution in [1.82, 2.24) is 5.48 Å². The minimum atomic E-state index is -0.557. The van der Waals surface area contributed by atoms with E-state index in [2.05, 4.69) is 0 Å². The van der Waals surface area contributed by atoms with Crippen molar-refractivity contribution in [1.29, 1.82) is 5.41 Å². The fraction of sp³-hybridized carbons (Fsp3) is 0.0909. The molecule has 15 heavy (non-hydrogen) atoms. The van der Waals surface area contributed by atoms with Gasteiger partial charge in [-0.15, -0.1) is 0 Å². The third-order valence-electron chi connectivity index (χ3n) is 1.85. The smallest absolute Gasteiger partial charge is 0.267 e. The first-order valence-corrected chi connectivity index (χ1v) is 4.46. The number of nitrogens with one attached hydrogen (secondary N) is 2. The number of rotatable bonds is 4. The van der Waals surface area contributed by atoms with Crippen molar-refractivity contribution in [2.24, 2.45) is 0 Å². The van der Waals surface area contributed by atoms with Crippen molar-refractivity contribution in [3.63, 3.8) is 0 Å². The van der Waals surface area contributed by atoms with Gasteiger partial charge in [0.05, 0.1) is 0 Å². The molecule has 4 heteroatoms. The molecular formula is C11H12N2O2. The van der Waals surface area contributed by atoms with E-state index in [9.17, 15) is 4.79 Å². The van der Waals surface area contributed by atoms with Crippen molar-refractivity contribution >= 4 is 18.2 Å². The summed E-state index contributed by atoms with van der Waals surface area (Å²) in [6.07, 6.45) is 4.79. The number of hydroxylamine groups is 1. The average molecular weight is 204 g/mol. The lowest BCUT2D eigenvalue weighted by Crippen LogP contribution is -2.14. The first-order chi connectivity index (χ1) is 7.26. The summed E-state index contributed by atoms with van der Waals surface area (Å²) in [6.45, 7) is 0. The van der Waals surface area contributed by atoms with E-state index in [-0.39, 0.29) is 0 Å². The molecule has 0 aliphatic carbocycles. The van der Waals surface area contributed by atoms with Crippen LogP contribution < -0.4 is 5.48 Å². The summed E-state index contributed by atoms with van der Waals surface area (Å²) < 4.78 is 0. The first kappa shape index (κ1) is 11.1. The quantitative estimate of drug-likeness (QED) is 0.300. The number of amides is 1. The van der Waals surface area contributed by atoms with E-state index in [1.54, 1.807) is 6.08 Å². The molecule has 0 saturated heterocycles. The summed E-state index contributed by atoms with van der Waals surface area (Å²) >= 11 is 0. The van der Waals surface area contributed by atoms with Gasteiger partial charge in [0.15, 0.2) is 0 Å². The van der Waals surface area contributed by atoms with Crippen LogP contribution in [0.25, 0.3) is 6.08 Å². The Morgan fingerprint density at radius 2 is 2.07 bits per heavy atom. The standard InChI is InChI=1S/C11H12N2O2/c12-8-7-10-3-1-9(2-4-10)5-6-11(14)13-15/h1-6,8,12,15H,7H2,(H,13,14). The zero-order valence-corrected chi connectivity index (χ0v) is 8.10. The molecule has 0 unspecified atom stereocenters. The molecule has 1 amide bonds. The van der Waals surface area contributed by atoms with Crippen LogP contribution in [0.1, 0.15) is 11.1 Å². The van der Waals surface area contributed by atoms with E-state index >= 15 is 0 Å². The Hall–Kier alpha value is -1.94. The maximum Gasteiger partial charge on any atom is 0.267 e. The van der Waals surface area contributed by atoms with Crippen molar-refractivity contribution in [3.05, 3.63) is 41.5 Å². The molecule has 1 aromatic carbocycles. The maximum absolute atomic E-state index is 10.7. The van der Waals surface area contributed by atoms with E-state index in [4.69, 9.17) is 10.6 Å². The lowest BCUT2D eigenvalue weighted by molar-refractivity contribution is -0.124. The Bertz CT molecular complexity index is 369. The van der Waals surface area contributed by atoms with Gasteiger partial charge in [0, 0.05) is 12.5 Å². The van der Waals surface area contributed by atoms with E-state index in [1.165, 1.54) is 17.8 Å². The minimum Gasteiger partial charge on any atom is -0.313 e. The topological polar surface area (TPSA) is 73.2 Å². The molecule has 0 saturated carbocycles. The van der Waals surface area contributed by atoms with Crippen molar-refractivity contribution < 1.29 is 10.0 Å². The Kier molecular flexibility index (Phi) is 4.25. The molecule has 0 atom stereocenters. The van der Waals surface area contributed by atoms with E-state index in [0.29, 0.717) is 6.42 Å². The van der Waals surface area contributed by atoms with Gasteiger partial charge in [-0.2, -0.15) is 0 Å².